The Labute approximate surface area is 160 Å². The van der Waals surface area contributed by atoms with Crippen molar-refractivity contribution >= 4 is 15.7 Å². The maximum Gasteiger partial charge on any atom is 0.264 e. The first-order valence-corrected chi connectivity index (χ1v) is 10.4. The van der Waals surface area contributed by atoms with E-state index in [0.29, 0.717) is 11.4 Å². The van der Waals surface area contributed by atoms with Crippen molar-refractivity contribution in [2.24, 2.45) is 0 Å². The summed E-state index contributed by atoms with van der Waals surface area (Å²) >= 11 is 0. The van der Waals surface area contributed by atoms with Gasteiger partial charge in [0, 0.05) is 18.0 Å². The number of hydrogen-bond donors (Lipinski definition) is 0. The number of para-hydroxylation sites is 1. The molecule has 136 valence electrons. The molecule has 1 aliphatic heterocycles. The molecule has 1 atom stereocenters. The van der Waals surface area contributed by atoms with Crippen LogP contribution >= 0.6 is 0 Å². The van der Waals surface area contributed by atoms with Gasteiger partial charge in [-0.05, 0) is 30.2 Å². The highest BCUT2D eigenvalue weighted by Gasteiger charge is 2.37. The maximum absolute atomic E-state index is 13.4. The SMILES string of the molecule is C=C[C@@H]1CN(S(=O)(=O)c2ccc(C)cc2)c2c(-c3ccccc3)cccc21. The summed E-state index contributed by atoms with van der Waals surface area (Å²) in [5.41, 5.74) is 4.72. The van der Waals surface area contributed by atoms with Gasteiger partial charge in [-0.1, -0.05) is 72.3 Å². The number of hydrogen-bond acceptors (Lipinski definition) is 2. The number of nitrogens with zero attached hydrogens (tertiary/aromatic N) is 1. The monoisotopic (exact) mass is 375 g/mol. The molecule has 3 aromatic rings. The van der Waals surface area contributed by atoms with Crippen LogP contribution in [0.3, 0.4) is 0 Å². The van der Waals surface area contributed by atoms with Crippen LogP contribution in [0.15, 0.2) is 90.3 Å². The van der Waals surface area contributed by atoms with Gasteiger partial charge in [0.05, 0.1) is 10.6 Å². The zero-order valence-corrected chi connectivity index (χ0v) is 16.0. The molecule has 4 rings (SSSR count). The second kappa shape index (κ2) is 6.71. The number of fused-ring (bicyclic) bond motifs is 1. The molecule has 0 bridgehead atoms. The van der Waals surface area contributed by atoms with E-state index < -0.39 is 10.0 Å². The van der Waals surface area contributed by atoms with Gasteiger partial charge in [-0.25, -0.2) is 8.42 Å². The van der Waals surface area contributed by atoms with Crippen molar-refractivity contribution in [3.63, 3.8) is 0 Å². The van der Waals surface area contributed by atoms with Crippen molar-refractivity contribution in [1.82, 2.24) is 0 Å². The molecule has 0 aliphatic carbocycles. The Morgan fingerprint density at radius 1 is 0.963 bits per heavy atom. The van der Waals surface area contributed by atoms with E-state index in [1.807, 2.05) is 73.7 Å². The fourth-order valence-electron chi connectivity index (χ4n) is 3.62. The normalized spacial score (nSPS) is 16.2. The van der Waals surface area contributed by atoms with E-state index in [0.717, 1.165) is 27.9 Å². The van der Waals surface area contributed by atoms with Gasteiger partial charge in [-0.2, -0.15) is 0 Å². The molecule has 0 N–H and O–H groups in total. The Kier molecular flexibility index (Phi) is 4.36. The second-order valence-corrected chi connectivity index (χ2v) is 8.66. The summed E-state index contributed by atoms with van der Waals surface area (Å²) in [4.78, 5) is 0.312. The van der Waals surface area contributed by atoms with E-state index in [4.69, 9.17) is 0 Å². The summed E-state index contributed by atoms with van der Waals surface area (Å²) in [5.74, 6) is -0.0242. The Hall–Kier alpha value is -2.85. The fourth-order valence-corrected chi connectivity index (χ4v) is 5.15. The van der Waals surface area contributed by atoms with Crippen molar-refractivity contribution < 1.29 is 8.42 Å². The van der Waals surface area contributed by atoms with E-state index in [-0.39, 0.29) is 5.92 Å². The molecule has 3 nitrogen and oxygen atoms in total. The average molecular weight is 375 g/mol. The van der Waals surface area contributed by atoms with E-state index in [2.05, 4.69) is 6.58 Å². The Bertz CT molecular complexity index is 1090. The van der Waals surface area contributed by atoms with Crippen molar-refractivity contribution in [3.05, 3.63) is 96.6 Å². The van der Waals surface area contributed by atoms with Crippen molar-refractivity contribution in [1.29, 1.82) is 0 Å². The molecule has 0 amide bonds. The van der Waals surface area contributed by atoms with Crippen molar-refractivity contribution in [3.8, 4) is 11.1 Å². The number of rotatable bonds is 4. The van der Waals surface area contributed by atoms with Crippen LogP contribution in [-0.4, -0.2) is 15.0 Å². The molecule has 0 radical (unpaired) electrons. The lowest BCUT2D eigenvalue weighted by Crippen LogP contribution is -2.30. The molecule has 4 heteroatoms. The highest BCUT2D eigenvalue weighted by molar-refractivity contribution is 7.92. The van der Waals surface area contributed by atoms with Gasteiger partial charge in [0.2, 0.25) is 0 Å². The quantitative estimate of drug-likeness (QED) is 0.592. The van der Waals surface area contributed by atoms with Crippen LogP contribution in [-0.2, 0) is 10.0 Å². The van der Waals surface area contributed by atoms with Gasteiger partial charge in [-0.3, -0.25) is 4.31 Å². The van der Waals surface area contributed by atoms with Crippen LogP contribution < -0.4 is 4.31 Å². The van der Waals surface area contributed by atoms with E-state index >= 15 is 0 Å². The molecule has 27 heavy (non-hydrogen) atoms. The van der Waals surface area contributed by atoms with Gasteiger partial charge < -0.3 is 0 Å². The fraction of sp³-hybridized carbons (Fsp3) is 0.130. The minimum Gasteiger partial charge on any atom is -0.264 e. The zero-order valence-electron chi connectivity index (χ0n) is 15.2. The summed E-state index contributed by atoms with van der Waals surface area (Å²) < 4.78 is 28.4. The predicted molar refractivity (Wildman–Crippen MR) is 111 cm³/mol. The lowest BCUT2D eigenvalue weighted by Gasteiger charge is -2.22. The van der Waals surface area contributed by atoms with E-state index in [1.165, 1.54) is 0 Å². The summed E-state index contributed by atoms with van der Waals surface area (Å²) in [6.45, 7) is 6.24. The molecular formula is C23H21NO2S. The Morgan fingerprint density at radius 2 is 1.67 bits per heavy atom. The van der Waals surface area contributed by atoms with Crippen LogP contribution in [0, 0.1) is 6.92 Å². The molecule has 0 aromatic heterocycles. The molecule has 3 aromatic carbocycles. The minimum absolute atomic E-state index is 0.0242. The zero-order chi connectivity index (χ0) is 19.0. The van der Waals surface area contributed by atoms with Gasteiger partial charge in [-0.15, -0.1) is 6.58 Å². The smallest absolute Gasteiger partial charge is 0.264 e. The van der Waals surface area contributed by atoms with Gasteiger partial charge in [0.15, 0.2) is 0 Å². The van der Waals surface area contributed by atoms with Crippen molar-refractivity contribution in [2.45, 2.75) is 17.7 Å². The lowest BCUT2D eigenvalue weighted by atomic mass is 9.96. The Morgan fingerprint density at radius 3 is 2.33 bits per heavy atom. The number of aryl methyl sites for hydroxylation is 1. The summed E-state index contributed by atoms with van der Waals surface area (Å²) in [6.07, 6.45) is 1.83. The summed E-state index contributed by atoms with van der Waals surface area (Å²) in [7, 11) is -3.66. The third kappa shape index (κ3) is 2.96. The van der Waals surface area contributed by atoms with E-state index in [9.17, 15) is 8.42 Å². The van der Waals surface area contributed by atoms with Gasteiger partial charge >= 0.3 is 0 Å². The molecule has 0 saturated carbocycles. The first kappa shape index (κ1) is 17.6. The van der Waals surface area contributed by atoms with Gasteiger partial charge in [0.1, 0.15) is 0 Å². The molecule has 0 saturated heterocycles. The maximum atomic E-state index is 13.4. The van der Waals surface area contributed by atoms with Crippen LogP contribution in [0.5, 0.6) is 0 Å². The number of anilines is 1. The van der Waals surface area contributed by atoms with E-state index in [1.54, 1.807) is 16.4 Å². The molecule has 0 unspecified atom stereocenters. The highest BCUT2D eigenvalue weighted by atomic mass is 32.2. The summed E-state index contributed by atoms with van der Waals surface area (Å²) in [5, 5.41) is 0. The number of benzene rings is 3. The predicted octanol–water partition coefficient (Wildman–Crippen LogP) is 5.14. The molecular weight excluding hydrogens is 354 g/mol. The minimum atomic E-state index is -3.66. The van der Waals surface area contributed by atoms with Crippen LogP contribution in [0.2, 0.25) is 0 Å². The van der Waals surface area contributed by atoms with Crippen LogP contribution in [0.25, 0.3) is 11.1 Å². The van der Waals surface area contributed by atoms with Crippen LogP contribution in [0.1, 0.15) is 17.0 Å². The molecule has 0 spiro atoms. The standard InChI is InChI=1S/C23H21NO2S/c1-3-18-16-24(27(25,26)20-14-12-17(2)13-15-20)23-21(18)10-7-11-22(23)19-8-5-4-6-9-19/h3-15,18H,1,16H2,2H3/t18-/m1/s1. The van der Waals surface area contributed by atoms with Crippen molar-refractivity contribution in [2.75, 3.05) is 10.8 Å². The largest absolute Gasteiger partial charge is 0.264 e. The first-order valence-electron chi connectivity index (χ1n) is 8.92. The third-order valence-electron chi connectivity index (χ3n) is 5.06. The number of sulfonamides is 1. The first-order chi connectivity index (χ1) is 13.0. The molecule has 1 aliphatic rings. The van der Waals surface area contributed by atoms with Crippen LogP contribution in [0.4, 0.5) is 5.69 Å². The molecule has 0 fully saturated rings. The topological polar surface area (TPSA) is 37.4 Å². The third-order valence-corrected chi connectivity index (χ3v) is 6.84. The lowest BCUT2D eigenvalue weighted by molar-refractivity contribution is 0.591. The summed E-state index contributed by atoms with van der Waals surface area (Å²) in [6, 6.07) is 22.9. The van der Waals surface area contributed by atoms with Gasteiger partial charge in [0.25, 0.3) is 10.0 Å². The average Bonchev–Trinajstić information content (AvgIpc) is 3.09. The molecule has 1 heterocycles. The Balaban J connectivity index is 1.91. The second-order valence-electron chi connectivity index (χ2n) is 6.80. The highest BCUT2D eigenvalue weighted by Crippen LogP contribution is 2.45.